The van der Waals surface area contributed by atoms with Crippen molar-refractivity contribution in [3.05, 3.63) is 51.8 Å². The molecule has 3 rings (SSSR count). The summed E-state index contributed by atoms with van der Waals surface area (Å²) in [4.78, 5) is 17.0. The first-order valence-electron chi connectivity index (χ1n) is 7.61. The van der Waals surface area contributed by atoms with E-state index in [1.54, 1.807) is 18.3 Å². The van der Waals surface area contributed by atoms with Gasteiger partial charge in [-0.1, -0.05) is 11.6 Å². The monoisotopic (exact) mass is 362 g/mol. The van der Waals surface area contributed by atoms with Crippen LogP contribution in [0.15, 0.2) is 35.3 Å². The Balaban J connectivity index is 2.39. The quantitative estimate of drug-likeness (QED) is 0.661. The van der Waals surface area contributed by atoms with Crippen molar-refractivity contribution in [3.63, 3.8) is 0 Å². The molecule has 7 heteroatoms. The first kappa shape index (κ1) is 17.2. The van der Waals surface area contributed by atoms with Crippen molar-refractivity contribution >= 4 is 22.5 Å². The Kier molecular flexibility index (Phi) is 4.63. The zero-order valence-electron chi connectivity index (χ0n) is 14.0. The van der Waals surface area contributed by atoms with Crippen LogP contribution in [0.25, 0.3) is 22.0 Å². The van der Waals surface area contributed by atoms with E-state index in [1.807, 2.05) is 6.92 Å². The van der Waals surface area contributed by atoms with Gasteiger partial charge in [-0.25, -0.2) is 9.37 Å². The number of fused-ring (bicyclic) bond motifs is 1. The maximum Gasteiger partial charge on any atom is 0.259 e. The number of hydrogen-bond donors (Lipinski definition) is 0. The molecule has 0 amide bonds. The highest BCUT2D eigenvalue weighted by Crippen LogP contribution is 2.33. The van der Waals surface area contributed by atoms with Crippen LogP contribution in [-0.2, 0) is 6.54 Å². The van der Waals surface area contributed by atoms with Crippen molar-refractivity contribution in [2.45, 2.75) is 13.5 Å². The minimum atomic E-state index is -0.621. The standard InChI is InChI=1S/C18H16ClFN2O3/c1-4-22-14-8-16(19)21-9-10(14)5-13(18(22)23)12-6-11(24-2)7-15(25-3)17(12)20/h5-9H,4H2,1-3H3. The van der Waals surface area contributed by atoms with E-state index < -0.39 is 5.82 Å². The van der Waals surface area contributed by atoms with Crippen molar-refractivity contribution in [1.29, 1.82) is 0 Å². The minimum absolute atomic E-state index is 0.00567. The van der Waals surface area contributed by atoms with Gasteiger partial charge in [0.15, 0.2) is 11.6 Å². The number of halogens is 2. The Hall–Kier alpha value is -2.60. The molecule has 0 bridgehead atoms. The number of methoxy groups -OCH3 is 2. The lowest BCUT2D eigenvalue weighted by molar-refractivity contribution is 0.375. The summed E-state index contributed by atoms with van der Waals surface area (Å²) < 4.78 is 26.6. The van der Waals surface area contributed by atoms with Crippen LogP contribution in [0.5, 0.6) is 11.5 Å². The van der Waals surface area contributed by atoms with E-state index >= 15 is 0 Å². The van der Waals surface area contributed by atoms with Crippen LogP contribution in [0.1, 0.15) is 6.92 Å². The van der Waals surface area contributed by atoms with Crippen LogP contribution >= 0.6 is 11.6 Å². The Bertz CT molecular complexity index is 1020. The van der Waals surface area contributed by atoms with Gasteiger partial charge in [0, 0.05) is 29.8 Å². The second-order valence-electron chi connectivity index (χ2n) is 5.36. The van der Waals surface area contributed by atoms with Gasteiger partial charge in [0.25, 0.3) is 5.56 Å². The number of pyridine rings is 2. The maximum absolute atomic E-state index is 14.8. The van der Waals surface area contributed by atoms with Crippen LogP contribution in [0, 0.1) is 5.82 Å². The number of rotatable bonds is 4. The molecule has 0 spiro atoms. The molecule has 3 aromatic rings. The van der Waals surface area contributed by atoms with Gasteiger partial charge in [-0.05, 0) is 25.1 Å². The normalized spacial score (nSPS) is 10.9. The van der Waals surface area contributed by atoms with E-state index in [1.165, 1.54) is 30.9 Å². The zero-order valence-corrected chi connectivity index (χ0v) is 14.7. The molecule has 5 nitrogen and oxygen atoms in total. The molecule has 0 saturated carbocycles. The van der Waals surface area contributed by atoms with E-state index in [0.717, 1.165) is 0 Å². The highest BCUT2D eigenvalue weighted by Gasteiger charge is 2.18. The molecule has 2 heterocycles. The number of ether oxygens (including phenoxy) is 2. The number of aryl methyl sites for hydroxylation is 1. The fourth-order valence-electron chi connectivity index (χ4n) is 2.79. The summed E-state index contributed by atoms with van der Waals surface area (Å²) in [5.41, 5.74) is 0.631. The van der Waals surface area contributed by atoms with Crippen molar-refractivity contribution < 1.29 is 13.9 Å². The predicted octanol–water partition coefficient (Wildman–Crippen LogP) is 3.89. The van der Waals surface area contributed by atoms with Crippen LogP contribution in [0.4, 0.5) is 4.39 Å². The van der Waals surface area contributed by atoms with Crippen molar-refractivity contribution in [3.8, 4) is 22.6 Å². The second-order valence-corrected chi connectivity index (χ2v) is 5.75. The minimum Gasteiger partial charge on any atom is -0.497 e. The molecule has 1 aromatic carbocycles. The van der Waals surface area contributed by atoms with Crippen molar-refractivity contribution in [2.75, 3.05) is 14.2 Å². The molecule has 25 heavy (non-hydrogen) atoms. The number of nitrogens with zero attached hydrogens (tertiary/aromatic N) is 2. The van der Waals surface area contributed by atoms with Gasteiger partial charge >= 0.3 is 0 Å². The van der Waals surface area contributed by atoms with E-state index in [4.69, 9.17) is 21.1 Å². The Morgan fingerprint density at radius 2 is 1.92 bits per heavy atom. The van der Waals surface area contributed by atoms with Crippen LogP contribution in [-0.4, -0.2) is 23.8 Å². The van der Waals surface area contributed by atoms with Crippen molar-refractivity contribution in [2.24, 2.45) is 0 Å². The fourth-order valence-corrected chi connectivity index (χ4v) is 2.94. The van der Waals surface area contributed by atoms with Crippen molar-refractivity contribution in [1.82, 2.24) is 9.55 Å². The fraction of sp³-hybridized carbons (Fsp3) is 0.222. The summed E-state index contributed by atoms with van der Waals surface area (Å²) in [6.45, 7) is 2.24. The van der Waals surface area contributed by atoms with E-state index in [2.05, 4.69) is 4.98 Å². The van der Waals surface area contributed by atoms with Crippen LogP contribution in [0.2, 0.25) is 5.15 Å². The van der Waals surface area contributed by atoms with Gasteiger partial charge in [-0.2, -0.15) is 0 Å². The highest BCUT2D eigenvalue weighted by atomic mass is 35.5. The number of benzene rings is 1. The summed E-state index contributed by atoms with van der Waals surface area (Å²) in [6, 6.07) is 6.13. The molecule has 2 aromatic heterocycles. The molecule has 0 aliphatic carbocycles. The third kappa shape index (κ3) is 2.93. The molecule has 130 valence electrons. The summed E-state index contributed by atoms with van der Waals surface area (Å²) in [5, 5.41) is 0.970. The first-order valence-corrected chi connectivity index (χ1v) is 7.99. The van der Waals surface area contributed by atoms with Gasteiger partial charge in [0.2, 0.25) is 0 Å². The van der Waals surface area contributed by atoms with Gasteiger partial charge in [-0.15, -0.1) is 0 Å². The Morgan fingerprint density at radius 1 is 1.16 bits per heavy atom. The SMILES string of the molecule is CCn1c(=O)c(-c2cc(OC)cc(OC)c2F)cc2cnc(Cl)cc21. The number of hydrogen-bond acceptors (Lipinski definition) is 4. The lowest BCUT2D eigenvalue weighted by atomic mass is 10.0. The number of aromatic nitrogens is 2. The molecule has 0 aliphatic heterocycles. The smallest absolute Gasteiger partial charge is 0.259 e. The highest BCUT2D eigenvalue weighted by molar-refractivity contribution is 6.30. The first-order chi connectivity index (χ1) is 12.0. The second kappa shape index (κ2) is 6.72. The van der Waals surface area contributed by atoms with Crippen LogP contribution < -0.4 is 15.0 Å². The molecule has 0 N–H and O–H groups in total. The van der Waals surface area contributed by atoms with E-state index in [-0.39, 0.29) is 27.6 Å². The lowest BCUT2D eigenvalue weighted by Gasteiger charge is -2.14. The summed E-state index contributed by atoms with van der Waals surface area (Å²) in [6.07, 6.45) is 1.56. The Labute approximate surface area is 148 Å². The van der Waals surface area contributed by atoms with Gasteiger partial charge in [0.1, 0.15) is 10.9 Å². The molecular weight excluding hydrogens is 347 g/mol. The van der Waals surface area contributed by atoms with Gasteiger partial charge in [0.05, 0.1) is 25.3 Å². The lowest BCUT2D eigenvalue weighted by Crippen LogP contribution is -2.21. The van der Waals surface area contributed by atoms with Gasteiger partial charge in [-0.3, -0.25) is 4.79 Å². The largest absolute Gasteiger partial charge is 0.497 e. The zero-order chi connectivity index (χ0) is 18.1. The average molecular weight is 363 g/mol. The van der Waals surface area contributed by atoms with E-state index in [0.29, 0.717) is 23.2 Å². The topological polar surface area (TPSA) is 53.4 Å². The summed E-state index contributed by atoms with van der Waals surface area (Å²) >= 11 is 5.94. The third-order valence-electron chi connectivity index (χ3n) is 4.02. The summed E-state index contributed by atoms with van der Waals surface area (Å²) in [5.74, 6) is -0.222. The molecule has 0 aliphatic rings. The molecule has 0 unspecified atom stereocenters. The molecule has 0 fully saturated rings. The van der Waals surface area contributed by atoms with Gasteiger partial charge < -0.3 is 14.0 Å². The maximum atomic E-state index is 14.8. The van der Waals surface area contributed by atoms with E-state index in [9.17, 15) is 9.18 Å². The third-order valence-corrected chi connectivity index (χ3v) is 4.23. The Morgan fingerprint density at radius 3 is 2.56 bits per heavy atom. The molecule has 0 atom stereocenters. The average Bonchev–Trinajstić information content (AvgIpc) is 2.62. The molecule has 0 saturated heterocycles. The van der Waals surface area contributed by atoms with Crippen LogP contribution in [0.3, 0.4) is 0 Å². The molecular formula is C18H16ClFN2O3. The molecule has 0 radical (unpaired) electrons. The summed E-state index contributed by atoms with van der Waals surface area (Å²) in [7, 11) is 2.82. The predicted molar refractivity (Wildman–Crippen MR) is 95.2 cm³/mol.